The van der Waals surface area contributed by atoms with Crippen molar-refractivity contribution in [1.29, 1.82) is 0 Å². The van der Waals surface area contributed by atoms with Crippen LogP contribution in [0.4, 0.5) is 0 Å². The number of nitrogens with zero attached hydrogens (tertiary/aromatic N) is 3. The molecule has 0 atom stereocenters. The summed E-state index contributed by atoms with van der Waals surface area (Å²) in [5, 5.41) is 2.43. The van der Waals surface area contributed by atoms with Crippen molar-refractivity contribution in [3.05, 3.63) is 0 Å². The lowest BCUT2D eigenvalue weighted by Gasteiger charge is -2.17. The average molecular weight is 153 g/mol. The first-order valence-corrected chi connectivity index (χ1v) is 3.29. The Hall–Kier alpha value is -1.39. The van der Waals surface area contributed by atoms with E-state index in [0.29, 0.717) is 13.2 Å². The summed E-state index contributed by atoms with van der Waals surface area (Å²) in [6.45, 7) is 1.91. The summed E-state index contributed by atoms with van der Waals surface area (Å²) in [6, 6.07) is 0. The number of amides is 1. The molecule has 0 aromatic heterocycles. The van der Waals surface area contributed by atoms with Gasteiger partial charge in [0.05, 0.1) is 6.34 Å². The fourth-order valence-electron chi connectivity index (χ4n) is 0.728. The summed E-state index contributed by atoms with van der Waals surface area (Å²) in [5.41, 5.74) is 0. The topological polar surface area (TPSA) is 57.1 Å². The molecule has 0 fully saturated rings. The lowest BCUT2D eigenvalue weighted by molar-refractivity contribution is 0.439. The van der Waals surface area contributed by atoms with E-state index < -0.39 is 0 Å². The zero-order valence-corrected chi connectivity index (χ0v) is 6.03. The van der Waals surface area contributed by atoms with Crippen molar-refractivity contribution in [3.63, 3.8) is 0 Å². The van der Waals surface area contributed by atoms with Crippen LogP contribution in [0.15, 0.2) is 9.98 Å². The molecular weight excluding hydrogens is 144 g/mol. The third-order valence-corrected chi connectivity index (χ3v) is 1.24. The third-order valence-electron chi connectivity index (χ3n) is 1.24. The first kappa shape index (κ1) is 7.71. The molecule has 1 rings (SSSR count). The van der Waals surface area contributed by atoms with E-state index in [0.717, 1.165) is 6.54 Å². The summed E-state index contributed by atoms with van der Waals surface area (Å²) in [6.07, 6.45) is 4.80. The molecule has 0 aliphatic carbocycles. The minimum absolute atomic E-state index is 0.574. The quantitative estimate of drug-likeness (QED) is 0.415. The summed E-state index contributed by atoms with van der Waals surface area (Å²) in [7, 11) is 0. The summed E-state index contributed by atoms with van der Waals surface area (Å²) >= 11 is 0. The van der Waals surface area contributed by atoms with Gasteiger partial charge in [-0.05, 0) is 0 Å². The normalized spacial score (nSPS) is 15.1. The van der Waals surface area contributed by atoms with Crippen molar-refractivity contribution in [2.75, 3.05) is 19.8 Å². The van der Waals surface area contributed by atoms with Gasteiger partial charge in [0.2, 0.25) is 0 Å². The van der Waals surface area contributed by atoms with E-state index in [1.807, 2.05) is 4.90 Å². The SMILES string of the molecule is O=[C]NCCN1C=NC=NC1. The molecule has 5 nitrogen and oxygen atoms in total. The van der Waals surface area contributed by atoms with Crippen molar-refractivity contribution in [3.8, 4) is 0 Å². The van der Waals surface area contributed by atoms with Crippen LogP contribution < -0.4 is 5.32 Å². The van der Waals surface area contributed by atoms with Gasteiger partial charge in [-0.2, -0.15) is 0 Å². The number of nitrogens with one attached hydrogen (secondary N) is 1. The summed E-state index contributed by atoms with van der Waals surface area (Å²) in [4.78, 5) is 19.4. The molecule has 1 amide bonds. The van der Waals surface area contributed by atoms with Crippen LogP contribution in [-0.4, -0.2) is 43.7 Å². The Morgan fingerprint density at radius 3 is 3.27 bits per heavy atom. The summed E-state index contributed by atoms with van der Waals surface area (Å²) < 4.78 is 0. The Bertz CT molecular complexity index is 177. The lowest BCUT2D eigenvalue weighted by Crippen LogP contribution is -2.32. The Morgan fingerprint density at radius 2 is 2.64 bits per heavy atom. The molecule has 0 spiro atoms. The van der Waals surface area contributed by atoms with Gasteiger partial charge in [0.25, 0.3) is 0 Å². The molecule has 1 radical (unpaired) electrons. The van der Waals surface area contributed by atoms with Crippen LogP contribution in [0.5, 0.6) is 0 Å². The standard InChI is InChI=1S/C6H9N4O/c11-6-7-1-2-10-4-8-3-9-5-10/h3-4H,1-2,5H2,(H,7,11). The lowest BCUT2D eigenvalue weighted by atomic mass is 10.5. The zero-order chi connectivity index (χ0) is 7.94. The maximum absolute atomic E-state index is 9.73. The molecule has 0 aromatic rings. The molecule has 0 bridgehead atoms. The Morgan fingerprint density at radius 1 is 1.73 bits per heavy atom. The van der Waals surface area contributed by atoms with E-state index in [2.05, 4.69) is 15.3 Å². The number of rotatable bonds is 4. The van der Waals surface area contributed by atoms with Crippen LogP contribution >= 0.6 is 0 Å². The number of hydrogen-bond donors (Lipinski definition) is 1. The predicted octanol–water partition coefficient (Wildman–Crippen LogP) is -1.03. The van der Waals surface area contributed by atoms with Crippen LogP contribution in [0.1, 0.15) is 0 Å². The van der Waals surface area contributed by atoms with Gasteiger partial charge in [-0.3, -0.25) is 9.79 Å². The van der Waals surface area contributed by atoms with E-state index in [1.54, 1.807) is 12.7 Å². The van der Waals surface area contributed by atoms with Crippen LogP contribution in [-0.2, 0) is 4.79 Å². The highest BCUT2D eigenvalue weighted by molar-refractivity contribution is 5.72. The molecular formula is C6H9N4O. The van der Waals surface area contributed by atoms with Gasteiger partial charge in [0.1, 0.15) is 13.0 Å². The zero-order valence-electron chi connectivity index (χ0n) is 6.03. The van der Waals surface area contributed by atoms with Gasteiger partial charge in [-0.1, -0.05) is 0 Å². The third kappa shape index (κ3) is 2.79. The first-order chi connectivity index (χ1) is 5.43. The average Bonchev–Trinajstić information content (AvgIpc) is 2.07. The number of aliphatic imine (C=N–C) groups is 2. The smallest absolute Gasteiger partial charge is 0.309 e. The molecule has 1 heterocycles. The second-order valence-corrected chi connectivity index (χ2v) is 2.05. The highest BCUT2D eigenvalue weighted by Gasteiger charge is 1.98. The summed E-state index contributed by atoms with van der Waals surface area (Å²) in [5.74, 6) is 0. The minimum atomic E-state index is 0.574. The van der Waals surface area contributed by atoms with E-state index in [-0.39, 0.29) is 0 Å². The molecule has 1 aliphatic heterocycles. The van der Waals surface area contributed by atoms with E-state index in [1.165, 1.54) is 6.34 Å². The predicted molar refractivity (Wildman–Crippen MR) is 42.3 cm³/mol. The van der Waals surface area contributed by atoms with Gasteiger partial charge < -0.3 is 10.2 Å². The highest BCUT2D eigenvalue weighted by atomic mass is 16.1. The first-order valence-electron chi connectivity index (χ1n) is 3.29. The maximum Gasteiger partial charge on any atom is 0.309 e. The van der Waals surface area contributed by atoms with Gasteiger partial charge in [0.15, 0.2) is 0 Å². The van der Waals surface area contributed by atoms with Gasteiger partial charge in [-0.15, -0.1) is 0 Å². The second kappa shape index (κ2) is 4.43. The molecule has 0 unspecified atom stereocenters. The van der Waals surface area contributed by atoms with Gasteiger partial charge >= 0.3 is 6.41 Å². The Labute approximate surface area is 64.8 Å². The monoisotopic (exact) mass is 153 g/mol. The van der Waals surface area contributed by atoms with Crippen molar-refractivity contribution in [1.82, 2.24) is 10.2 Å². The van der Waals surface area contributed by atoms with Gasteiger partial charge in [-0.25, -0.2) is 4.99 Å². The molecule has 0 saturated carbocycles. The molecule has 0 aromatic carbocycles. The molecule has 0 saturated heterocycles. The Balaban J connectivity index is 2.12. The fourth-order valence-corrected chi connectivity index (χ4v) is 0.728. The second-order valence-electron chi connectivity index (χ2n) is 2.05. The van der Waals surface area contributed by atoms with Crippen LogP contribution in [0.2, 0.25) is 0 Å². The van der Waals surface area contributed by atoms with Crippen molar-refractivity contribution >= 4 is 19.1 Å². The van der Waals surface area contributed by atoms with Crippen LogP contribution in [0, 0.1) is 0 Å². The molecule has 1 N–H and O–H groups in total. The Kier molecular flexibility index (Phi) is 3.11. The van der Waals surface area contributed by atoms with Crippen molar-refractivity contribution < 1.29 is 4.79 Å². The van der Waals surface area contributed by atoms with Crippen LogP contribution in [0.3, 0.4) is 0 Å². The largest absolute Gasteiger partial charge is 0.346 e. The van der Waals surface area contributed by atoms with E-state index in [9.17, 15) is 4.79 Å². The van der Waals surface area contributed by atoms with Crippen molar-refractivity contribution in [2.45, 2.75) is 0 Å². The molecule has 59 valence electrons. The van der Waals surface area contributed by atoms with Gasteiger partial charge in [0, 0.05) is 13.1 Å². The maximum atomic E-state index is 9.73. The number of carbonyl (C=O) groups excluding carboxylic acids is 1. The minimum Gasteiger partial charge on any atom is -0.346 e. The van der Waals surface area contributed by atoms with E-state index >= 15 is 0 Å². The molecule has 1 aliphatic rings. The van der Waals surface area contributed by atoms with Crippen molar-refractivity contribution in [2.24, 2.45) is 9.98 Å². The van der Waals surface area contributed by atoms with Crippen LogP contribution in [0.25, 0.3) is 0 Å². The molecule has 11 heavy (non-hydrogen) atoms. The van der Waals surface area contributed by atoms with E-state index in [4.69, 9.17) is 0 Å². The number of hydrogen-bond acceptors (Lipinski definition) is 4. The molecule has 5 heteroatoms. The highest BCUT2D eigenvalue weighted by Crippen LogP contribution is 1.87. The fraction of sp³-hybridized carbons (Fsp3) is 0.500.